The van der Waals surface area contributed by atoms with Gasteiger partial charge in [0.25, 0.3) is 10.1 Å². The SMILES string of the molecule is CCCCCCCCCCCCCCCCCCCCCCOC(=O)C(CC(=O)O)S(=O)(=O)O.[H-].[Na+]. The number of carboxylic acid groups (broad SMARTS) is 1. The molecule has 0 heterocycles. The fraction of sp³-hybridized carbons (Fsp3) is 0.923. The first kappa shape index (κ1) is 37.0. The van der Waals surface area contributed by atoms with Crippen molar-refractivity contribution < 1.29 is 63.4 Å². The summed E-state index contributed by atoms with van der Waals surface area (Å²) in [6.45, 7) is 2.29. The molecule has 0 spiro atoms. The molecule has 1 unspecified atom stereocenters. The summed E-state index contributed by atoms with van der Waals surface area (Å²) in [7, 11) is -4.79. The van der Waals surface area contributed by atoms with Crippen LogP contribution in [-0.2, 0) is 24.4 Å². The van der Waals surface area contributed by atoms with Crippen molar-refractivity contribution in [2.45, 2.75) is 147 Å². The quantitative estimate of drug-likeness (QED) is 0.0786. The molecule has 0 rings (SSSR count). The van der Waals surface area contributed by atoms with Gasteiger partial charge in [-0.3, -0.25) is 14.1 Å². The zero-order valence-corrected chi connectivity index (χ0v) is 25.3. The number of rotatable bonds is 25. The molecule has 0 fully saturated rings. The topological polar surface area (TPSA) is 118 Å². The molecular formula is C26H51NaO7S. The number of ether oxygens (including phenoxy) is 1. The van der Waals surface area contributed by atoms with E-state index in [-0.39, 0.29) is 37.6 Å². The fourth-order valence-electron chi connectivity index (χ4n) is 4.09. The van der Waals surface area contributed by atoms with Gasteiger partial charge < -0.3 is 11.3 Å². The number of hydrogen-bond acceptors (Lipinski definition) is 5. The van der Waals surface area contributed by atoms with Gasteiger partial charge in [-0.25, -0.2) is 0 Å². The van der Waals surface area contributed by atoms with Crippen molar-refractivity contribution in [3.8, 4) is 0 Å². The van der Waals surface area contributed by atoms with E-state index < -0.39 is 33.7 Å². The van der Waals surface area contributed by atoms with Crippen LogP contribution in [0.3, 0.4) is 0 Å². The van der Waals surface area contributed by atoms with Crippen LogP contribution in [0.4, 0.5) is 0 Å². The number of aliphatic carboxylic acids is 1. The van der Waals surface area contributed by atoms with E-state index in [0.29, 0.717) is 6.42 Å². The van der Waals surface area contributed by atoms with E-state index >= 15 is 0 Å². The molecule has 0 bridgehead atoms. The van der Waals surface area contributed by atoms with Gasteiger partial charge >= 0.3 is 41.5 Å². The number of carbonyl (C=O) groups is 2. The maximum Gasteiger partial charge on any atom is 1.00 e. The van der Waals surface area contributed by atoms with Crippen LogP contribution in [0.5, 0.6) is 0 Å². The first-order valence-corrected chi connectivity index (χ1v) is 15.1. The molecule has 0 aliphatic carbocycles. The Morgan fingerprint density at radius 3 is 1.29 bits per heavy atom. The average Bonchev–Trinajstić information content (AvgIpc) is 2.77. The van der Waals surface area contributed by atoms with E-state index in [0.717, 1.165) is 19.3 Å². The second-order valence-corrected chi connectivity index (χ2v) is 11.1. The van der Waals surface area contributed by atoms with Crippen LogP contribution in [0, 0.1) is 0 Å². The van der Waals surface area contributed by atoms with Crippen molar-refractivity contribution >= 4 is 22.1 Å². The first-order chi connectivity index (χ1) is 16.3. The predicted octanol–water partition coefficient (Wildman–Crippen LogP) is 4.20. The first-order valence-electron chi connectivity index (χ1n) is 13.6. The Labute approximate surface area is 238 Å². The average molecular weight is 531 g/mol. The second-order valence-electron chi connectivity index (χ2n) is 9.49. The van der Waals surface area contributed by atoms with Crippen LogP contribution in [-0.4, -0.2) is 41.9 Å². The third-order valence-corrected chi connectivity index (χ3v) is 7.30. The molecule has 0 aliphatic heterocycles. The number of hydrogen-bond donors (Lipinski definition) is 2. The Hall–Kier alpha value is -0.150. The van der Waals surface area contributed by atoms with Crippen LogP contribution >= 0.6 is 0 Å². The van der Waals surface area contributed by atoms with Crippen molar-refractivity contribution in [1.82, 2.24) is 0 Å². The molecule has 2 N–H and O–H groups in total. The molecule has 0 aliphatic rings. The Morgan fingerprint density at radius 1 is 0.686 bits per heavy atom. The van der Waals surface area contributed by atoms with Gasteiger partial charge in [-0.15, -0.1) is 0 Å². The molecule has 0 aromatic heterocycles. The number of carbonyl (C=O) groups excluding carboxylic acids is 1. The molecule has 0 radical (unpaired) electrons. The molecule has 0 amide bonds. The van der Waals surface area contributed by atoms with Crippen LogP contribution in [0.2, 0.25) is 0 Å². The number of esters is 1. The van der Waals surface area contributed by atoms with Gasteiger partial charge in [0, 0.05) is 0 Å². The maximum absolute atomic E-state index is 11.7. The molecule has 0 aromatic rings. The van der Waals surface area contributed by atoms with Crippen molar-refractivity contribution in [2.24, 2.45) is 0 Å². The van der Waals surface area contributed by atoms with Gasteiger partial charge in [0.05, 0.1) is 13.0 Å². The summed E-state index contributed by atoms with van der Waals surface area (Å²) in [6, 6.07) is 0. The Bertz CT molecular complexity index is 617. The minimum absolute atomic E-state index is 0. The van der Waals surface area contributed by atoms with Crippen LogP contribution < -0.4 is 29.6 Å². The standard InChI is InChI=1S/C26H50O7S.Na.H/c1-2-3-4-5-6-7-8-9-10-11-12-13-14-15-16-17-18-19-20-21-22-33-26(29)24(23-25(27)28)34(30,31)32;;/h24H,2-23H2,1H3,(H,27,28)(H,30,31,32);;/q;+1;-1. The third-order valence-electron chi connectivity index (χ3n) is 6.22. The third kappa shape index (κ3) is 25.3. The van der Waals surface area contributed by atoms with Gasteiger partial charge in [-0.2, -0.15) is 8.42 Å². The van der Waals surface area contributed by atoms with E-state index in [2.05, 4.69) is 6.92 Å². The zero-order valence-electron chi connectivity index (χ0n) is 23.5. The molecule has 9 heteroatoms. The normalized spacial score (nSPS) is 12.2. The molecule has 35 heavy (non-hydrogen) atoms. The summed E-state index contributed by atoms with van der Waals surface area (Å²) in [4.78, 5) is 22.3. The van der Waals surface area contributed by atoms with Crippen molar-refractivity contribution in [2.75, 3.05) is 6.61 Å². The Morgan fingerprint density at radius 2 is 1.00 bits per heavy atom. The Kier molecular flexibility index (Phi) is 27.0. The smallest absolute Gasteiger partial charge is 1.00 e. The summed E-state index contributed by atoms with van der Waals surface area (Å²) in [6.07, 6.45) is 24.3. The summed E-state index contributed by atoms with van der Waals surface area (Å²) in [5.74, 6) is -2.69. The van der Waals surface area contributed by atoms with Crippen molar-refractivity contribution in [3.63, 3.8) is 0 Å². The minimum atomic E-state index is -4.79. The van der Waals surface area contributed by atoms with E-state index in [4.69, 9.17) is 14.4 Å². The van der Waals surface area contributed by atoms with Gasteiger partial charge in [-0.05, 0) is 6.42 Å². The van der Waals surface area contributed by atoms with E-state index in [1.807, 2.05) is 0 Å². The predicted molar refractivity (Wildman–Crippen MR) is 138 cm³/mol. The van der Waals surface area contributed by atoms with E-state index in [9.17, 15) is 18.0 Å². The van der Waals surface area contributed by atoms with Crippen LogP contribution in [0.25, 0.3) is 0 Å². The molecule has 7 nitrogen and oxygen atoms in total. The Balaban J connectivity index is -0.00000544. The van der Waals surface area contributed by atoms with Gasteiger partial charge in [-0.1, -0.05) is 129 Å². The molecule has 1 atom stereocenters. The van der Waals surface area contributed by atoms with Gasteiger partial charge in [0.2, 0.25) is 0 Å². The maximum atomic E-state index is 11.7. The van der Waals surface area contributed by atoms with Crippen molar-refractivity contribution in [1.29, 1.82) is 0 Å². The molecule has 0 aromatic carbocycles. The molecule has 204 valence electrons. The fourth-order valence-corrected chi connectivity index (χ4v) is 4.76. The van der Waals surface area contributed by atoms with Gasteiger partial charge in [0.15, 0.2) is 5.25 Å². The summed E-state index contributed by atoms with van der Waals surface area (Å²) >= 11 is 0. The summed E-state index contributed by atoms with van der Waals surface area (Å²) < 4.78 is 36.0. The van der Waals surface area contributed by atoms with Crippen molar-refractivity contribution in [3.05, 3.63) is 0 Å². The minimum Gasteiger partial charge on any atom is -1.00 e. The largest absolute Gasteiger partial charge is 1.00 e. The van der Waals surface area contributed by atoms with E-state index in [1.165, 1.54) is 103 Å². The summed E-state index contributed by atoms with van der Waals surface area (Å²) in [5.41, 5.74) is 0. The molecule has 0 saturated heterocycles. The zero-order chi connectivity index (χ0) is 25.5. The monoisotopic (exact) mass is 530 g/mol. The summed E-state index contributed by atoms with van der Waals surface area (Å²) in [5, 5.41) is 6.60. The number of unbranched alkanes of at least 4 members (excludes halogenated alkanes) is 19. The molecule has 0 saturated carbocycles. The second kappa shape index (κ2) is 25.5. The number of carboxylic acids is 1. The van der Waals surface area contributed by atoms with Crippen LogP contribution in [0.1, 0.15) is 143 Å². The van der Waals surface area contributed by atoms with Gasteiger partial charge in [0.1, 0.15) is 0 Å². The van der Waals surface area contributed by atoms with Crippen LogP contribution in [0.15, 0.2) is 0 Å². The molecular weight excluding hydrogens is 479 g/mol. The van der Waals surface area contributed by atoms with E-state index in [1.54, 1.807) is 0 Å².